The lowest BCUT2D eigenvalue weighted by Crippen LogP contribution is -2.31. The average molecular weight is 253 g/mol. The van der Waals surface area contributed by atoms with E-state index in [1.807, 2.05) is 24.8 Å². The number of hydrogen-bond acceptors (Lipinski definition) is 5. The summed E-state index contributed by atoms with van der Waals surface area (Å²) < 4.78 is 5.42. The second kappa shape index (κ2) is 6.10. The Morgan fingerprint density at radius 1 is 1.53 bits per heavy atom. The summed E-state index contributed by atoms with van der Waals surface area (Å²) in [7, 11) is 0. The van der Waals surface area contributed by atoms with Gasteiger partial charge in [-0.05, 0) is 26.0 Å². The zero-order valence-corrected chi connectivity index (χ0v) is 11.2. The van der Waals surface area contributed by atoms with Crippen molar-refractivity contribution in [2.75, 3.05) is 30.1 Å². The van der Waals surface area contributed by atoms with E-state index in [0.717, 1.165) is 18.1 Å². The molecule has 1 atom stereocenters. The van der Waals surface area contributed by atoms with E-state index < -0.39 is 0 Å². The van der Waals surface area contributed by atoms with Crippen molar-refractivity contribution in [2.45, 2.75) is 25.8 Å². The molecule has 94 valence electrons. The van der Waals surface area contributed by atoms with Gasteiger partial charge in [-0.1, -0.05) is 0 Å². The van der Waals surface area contributed by atoms with Crippen LogP contribution in [0.4, 0.5) is 5.82 Å². The summed E-state index contributed by atoms with van der Waals surface area (Å²) in [5, 5.41) is 0. The highest BCUT2D eigenvalue weighted by atomic mass is 32.2. The van der Waals surface area contributed by atoms with Crippen LogP contribution in [0.3, 0.4) is 0 Å². The predicted molar refractivity (Wildman–Crippen MR) is 72.0 cm³/mol. The maximum absolute atomic E-state index is 5.42. The average Bonchev–Trinajstić information content (AvgIpc) is 2.79. The Morgan fingerprint density at radius 3 is 3.18 bits per heavy atom. The topological polar surface area (TPSA) is 38.2 Å². The van der Waals surface area contributed by atoms with Gasteiger partial charge in [-0.15, -0.1) is 0 Å². The number of aromatic nitrogens is 2. The monoisotopic (exact) mass is 253 g/mol. The lowest BCUT2D eigenvalue weighted by Gasteiger charge is -2.25. The van der Waals surface area contributed by atoms with Gasteiger partial charge in [-0.25, -0.2) is 9.97 Å². The van der Waals surface area contributed by atoms with Gasteiger partial charge in [-0.2, -0.15) is 11.8 Å². The van der Waals surface area contributed by atoms with Gasteiger partial charge in [0.1, 0.15) is 12.1 Å². The highest BCUT2D eigenvalue weighted by molar-refractivity contribution is 7.98. The van der Waals surface area contributed by atoms with Crippen LogP contribution in [0, 0.1) is 0 Å². The Bertz CT molecular complexity index is 361. The summed E-state index contributed by atoms with van der Waals surface area (Å²) in [6, 6.07) is 2.55. The Labute approximate surface area is 107 Å². The molecule has 2 heterocycles. The number of hydrogen-bond donors (Lipinski definition) is 0. The van der Waals surface area contributed by atoms with Crippen LogP contribution in [0.2, 0.25) is 0 Å². The van der Waals surface area contributed by atoms with Crippen molar-refractivity contribution in [3.63, 3.8) is 0 Å². The molecular formula is C12H19N3OS. The summed E-state index contributed by atoms with van der Waals surface area (Å²) in [6.45, 7) is 3.70. The third-order valence-electron chi connectivity index (χ3n) is 2.95. The SMILES string of the molecule is CCOc1cc(N2CCCC2CSC)ncn1. The summed E-state index contributed by atoms with van der Waals surface area (Å²) in [5.41, 5.74) is 0. The van der Waals surface area contributed by atoms with Crippen molar-refractivity contribution in [1.82, 2.24) is 9.97 Å². The van der Waals surface area contributed by atoms with Crippen LogP contribution in [-0.4, -0.2) is 41.2 Å². The Morgan fingerprint density at radius 2 is 2.41 bits per heavy atom. The lowest BCUT2D eigenvalue weighted by atomic mass is 10.2. The van der Waals surface area contributed by atoms with E-state index in [-0.39, 0.29) is 0 Å². The van der Waals surface area contributed by atoms with Crippen molar-refractivity contribution in [1.29, 1.82) is 0 Å². The van der Waals surface area contributed by atoms with Crippen LogP contribution in [0.5, 0.6) is 5.88 Å². The maximum atomic E-state index is 5.42. The third kappa shape index (κ3) is 3.03. The molecule has 0 spiro atoms. The molecule has 0 aromatic carbocycles. The fourth-order valence-corrected chi connectivity index (χ4v) is 2.95. The minimum Gasteiger partial charge on any atom is -0.478 e. The van der Waals surface area contributed by atoms with Crippen molar-refractivity contribution in [2.24, 2.45) is 0 Å². The van der Waals surface area contributed by atoms with Gasteiger partial charge in [0.2, 0.25) is 5.88 Å². The first kappa shape index (κ1) is 12.5. The van der Waals surface area contributed by atoms with Crippen molar-refractivity contribution in [3.05, 3.63) is 12.4 Å². The quantitative estimate of drug-likeness (QED) is 0.804. The van der Waals surface area contributed by atoms with Crippen molar-refractivity contribution >= 4 is 17.6 Å². The molecule has 1 aliphatic heterocycles. The van der Waals surface area contributed by atoms with E-state index in [2.05, 4.69) is 21.1 Å². The maximum Gasteiger partial charge on any atom is 0.218 e. The summed E-state index contributed by atoms with van der Waals surface area (Å²) >= 11 is 1.90. The molecule has 1 fully saturated rings. The number of nitrogens with zero attached hydrogens (tertiary/aromatic N) is 3. The van der Waals surface area contributed by atoms with Crippen LogP contribution >= 0.6 is 11.8 Å². The van der Waals surface area contributed by atoms with E-state index >= 15 is 0 Å². The normalized spacial score (nSPS) is 19.6. The molecule has 1 aromatic heterocycles. The van der Waals surface area contributed by atoms with E-state index in [4.69, 9.17) is 4.74 Å². The zero-order chi connectivity index (χ0) is 12.1. The Balaban J connectivity index is 2.12. The van der Waals surface area contributed by atoms with Crippen LogP contribution in [0.25, 0.3) is 0 Å². The molecule has 1 aliphatic rings. The Kier molecular flexibility index (Phi) is 4.48. The molecule has 0 N–H and O–H groups in total. The highest BCUT2D eigenvalue weighted by Gasteiger charge is 2.25. The largest absolute Gasteiger partial charge is 0.478 e. The molecular weight excluding hydrogens is 234 g/mol. The van der Waals surface area contributed by atoms with E-state index in [0.29, 0.717) is 18.5 Å². The molecule has 0 bridgehead atoms. The smallest absolute Gasteiger partial charge is 0.218 e. The van der Waals surface area contributed by atoms with Gasteiger partial charge in [-0.3, -0.25) is 0 Å². The fraction of sp³-hybridized carbons (Fsp3) is 0.667. The van der Waals surface area contributed by atoms with Crippen LogP contribution in [0.15, 0.2) is 12.4 Å². The van der Waals surface area contributed by atoms with Crippen molar-refractivity contribution < 1.29 is 4.74 Å². The molecule has 0 radical (unpaired) electrons. The third-order valence-corrected chi connectivity index (χ3v) is 3.67. The second-order valence-electron chi connectivity index (χ2n) is 4.09. The van der Waals surface area contributed by atoms with Gasteiger partial charge >= 0.3 is 0 Å². The molecule has 0 amide bonds. The molecule has 4 nitrogen and oxygen atoms in total. The minimum atomic E-state index is 0.606. The molecule has 2 rings (SSSR count). The van der Waals surface area contributed by atoms with Gasteiger partial charge in [0.05, 0.1) is 6.61 Å². The van der Waals surface area contributed by atoms with Crippen LogP contribution in [0.1, 0.15) is 19.8 Å². The minimum absolute atomic E-state index is 0.606. The van der Waals surface area contributed by atoms with E-state index in [1.165, 1.54) is 12.8 Å². The molecule has 17 heavy (non-hydrogen) atoms. The first-order valence-corrected chi connectivity index (χ1v) is 7.45. The number of ether oxygens (including phenoxy) is 1. The summed E-state index contributed by atoms with van der Waals surface area (Å²) in [6.07, 6.45) is 6.25. The Hall–Kier alpha value is -0.970. The molecule has 0 aliphatic carbocycles. The summed E-state index contributed by atoms with van der Waals surface area (Å²) in [4.78, 5) is 10.8. The lowest BCUT2D eigenvalue weighted by molar-refractivity contribution is 0.326. The fourth-order valence-electron chi connectivity index (χ4n) is 2.22. The molecule has 1 aromatic rings. The van der Waals surface area contributed by atoms with Gasteiger partial charge in [0, 0.05) is 24.4 Å². The number of thioether (sulfide) groups is 1. The van der Waals surface area contributed by atoms with E-state index in [1.54, 1.807) is 6.33 Å². The molecule has 5 heteroatoms. The highest BCUT2D eigenvalue weighted by Crippen LogP contribution is 2.26. The first-order valence-electron chi connectivity index (χ1n) is 6.05. The van der Waals surface area contributed by atoms with E-state index in [9.17, 15) is 0 Å². The molecule has 1 unspecified atom stereocenters. The van der Waals surface area contributed by atoms with Crippen molar-refractivity contribution in [3.8, 4) is 5.88 Å². The molecule has 0 saturated carbocycles. The van der Waals surface area contributed by atoms with Crippen LogP contribution in [-0.2, 0) is 0 Å². The van der Waals surface area contributed by atoms with Gasteiger partial charge < -0.3 is 9.64 Å². The van der Waals surface area contributed by atoms with Gasteiger partial charge in [0.15, 0.2) is 0 Å². The first-order chi connectivity index (χ1) is 8.35. The molecule has 1 saturated heterocycles. The van der Waals surface area contributed by atoms with Gasteiger partial charge in [0.25, 0.3) is 0 Å². The zero-order valence-electron chi connectivity index (χ0n) is 10.4. The standard InChI is InChI=1S/C12H19N3OS/c1-3-16-12-7-11(13-9-14-12)15-6-4-5-10(15)8-17-2/h7,9-10H,3-6,8H2,1-2H3. The predicted octanol–water partition coefficient (Wildman–Crippen LogP) is 2.21. The second-order valence-corrected chi connectivity index (χ2v) is 5.00. The summed E-state index contributed by atoms with van der Waals surface area (Å²) in [5.74, 6) is 2.83. The number of anilines is 1. The number of rotatable bonds is 5. The van der Waals surface area contributed by atoms with Crippen LogP contribution < -0.4 is 9.64 Å².